The summed E-state index contributed by atoms with van der Waals surface area (Å²) in [5.41, 5.74) is 0.274. The Kier molecular flexibility index (Phi) is 5.03. The van der Waals surface area contributed by atoms with Crippen molar-refractivity contribution >= 4 is 28.6 Å². The Morgan fingerprint density at radius 1 is 1.30 bits per heavy atom. The van der Waals surface area contributed by atoms with Crippen LogP contribution in [0.1, 0.15) is 23.4 Å². The van der Waals surface area contributed by atoms with E-state index in [0.29, 0.717) is 30.0 Å². The molecule has 0 radical (unpaired) electrons. The first-order chi connectivity index (χ1) is 13.1. The van der Waals surface area contributed by atoms with Crippen LogP contribution in [0.25, 0.3) is 11.0 Å². The molecule has 1 fully saturated rings. The average molecular weight is 383 g/mol. The van der Waals surface area contributed by atoms with Crippen LogP contribution in [0.5, 0.6) is 0 Å². The number of carbonyl (C=O) groups excluding carboxylic acids is 1. The number of amides is 1. The van der Waals surface area contributed by atoms with Gasteiger partial charge in [-0.05, 0) is 30.9 Å². The molecule has 27 heavy (non-hydrogen) atoms. The molecule has 0 atom stereocenters. The lowest BCUT2D eigenvalue weighted by molar-refractivity contribution is 0.0667. The maximum absolute atomic E-state index is 12.8. The van der Waals surface area contributed by atoms with Gasteiger partial charge in [0.25, 0.3) is 5.91 Å². The average Bonchev–Trinajstić information content (AvgIpc) is 3.11. The lowest BCUT2D eigenvalue weighted by Gasteiger charge is -2.31. The Labute approximate surface area is 161 Å². The number of carbonyl (C=O) groups is 1. The molecule has 1 aromatic carbocycles. The van der Waals surface area contributed by atoms with Gasteiger partial charge in [0.1, 0.15) is 5.58 Å². The molecule has 0 saturated carbocycles. The lowest BCUT2D eigenvalue weighted by Crippen LogP contribution is -2.39. The van der Waals surface area contributed by atoms with E-state index in [2.05, 4.69) is 4.98 Å². The number of aryl methyl sites for hydroxylation is 1. The number of para-hydroxylation sites is 1. The van der Waals surface area contributed by atoms with Gasteiger partial charge in [0.15, 0.2) is 16.3 Å². The molecular weight excluding hydrogens is 362 g/mol. The second kappa shape index (κ2) is 7.60. The number of aromatic nitrogens is 2. The Morgan fingerprint density at radius 2 is 2.07 bits per heavy atom. The number of fused-ring (bicyclic) bond motifs is 1. The van der Waals surface area contributed by atoms with Crippen molar-refractivity contribution in [2.24, 2.45) is 13.0 Å². The van der Waals surface area contributed by atoms with Crippen molar-refractivity contribution in [3.63, 3.8) is 0 Å². The smallest absolute Gasteiger partial charge is 0.289 e. The first-order valence-corrected chi connectivity index (χ1v) is 10.0. The largest absolute Gasteiger partial charge is 0.451 e. The normalized spacial score (nSPS) is 15.4. The Bertz CT molecular complexity index is 1020. The van der Waals surface area contributed by atoms with Crippen LogP contribution in [0.4, 0.5) is 0 Å². The molecule has 0 spiro atoms. The minimum atomic E-state index is -0.201. The molecule has 0 unspecified atom stereocenters. The lowest BCUT2D eigenvalue weighted by atomic mass is 9.99. The van der Waals surface area contributed by atoms with E-state index < -0.39 is 0 Å². The van der Waals surface area contributed by atoms with Gasteiger partial charge in [-0.2, -0.15) is 0 Å². The highest BCUT2D eigenvalue weighted by Crippen LogP contribution is 2.26. The van der Waals surface area contributed by atoms with Gasteiger partial charge in [0.05, 0.1) is 5.39 Å². The van der Waals surface area contributed by atoms with Crippen molar-refractivity contribution < 1.29 is 9.21 Å². The van der Waals surface area contributed by atoms with Crippen LogP contribution in [0.2, 0.25) is 0 Å². The Morgan fingerprint density at radius 3 is 2.81 bits per heavy atom. The van der Waals surface area contributed by atoms with E-state index in [1.54, 1.807) is 47.1 Å². The van der Waals surface area contributed by atoms with Gasteiger partial charge in [0, 0.05) is 44.4 Å². The van der Waals surface area contributed by atoms with E-state index in [0.717, 1.165) is 23.8 Å². The number of thioether (sulfide) groups is 1. The van der Waals surface area contributed by atoms with Gasteiger partial charge >= 0.3 is 0 Å². The van der Waals surface area contributed by atoms with Crippen molar-refractivity contribution in [2.45, 2.75) is 18.0 Å². The fourth-order valence-corrected chi connectivity index (χ4v) is 4.47. The highest BCUT2D eigenvalue weighted by molar-refractivity contribution is 7.99. The molecule has 0 bridgehead atoms. The molecule has 3 heterocycles. The molecule has 140 valence electrons. The minimum absolute atomic E-state index is 0.125. The molecule has 1 saturated heterocycles. The number of piperidine rings is 1. The fraction of sp³-hybridized carbons (Fsp3) is 0.350. The van der Waals surface area contributed by atoms with Crippen molar-refractivity contribution in [3.05, 3.63) is 58.7 Å². The molecule has 7 heteroatoms. The summed E-state index contributed by atoms with van der Waals surface area (Å²) < 4.78 is 7.71. The van der Waals surface area contributed by atoms with Crippen LogP contribution in [-0.4, -0.2) is 39.2 Å². The minimum Gasteiger partial charge on any atom is -0.451 e. The zero-order chi connectivity index (χ0) is 18.8. The van der Waals surface area contributed by atoms with Gasteiger partial charge < -0.3 is 13.9 Å². The topological polar surface area (TPSA) is 68.3 Å². The van der Waals surface area contributed by atoms with E-state index in [-0.39, 0.29) is 17.1 Å². The molecule has 0 aliphatic carbocycles. The first-order valence-electron chi connectivity index (χ1n) is 9.04. The van der Waals surface area contributed by atoms with Crippen molar-refractivity contribution in [1.29, 1.82) is 0 Å². The highest BCUT2D eigenvalue weighted by Gasteiger charge is 2.26. The summed E-state index contributed by atoms with van der Waals surface area (Å²) in [5.74, 6) is 1.48. The summed E-state index contributed by atoms with van der Waals surface area (Å²) >= 11 is 1.76. The second-order valence-electron chi connectivity index (χ2n) is 6.84. The van der Waals surface area contributed by atoms with Crippen molar-refractivity contribution in [3.8, 4) is 0 Å². The summed E-state index contributed by atoms with van der Waals surface area (Å²) in [6.07, 6.45) is 5.64. The van der Waals surface area contributed by atoms with Crippen LogP contribution >= 0.6 is 11.8 Å². The maximum Gasteiger partial charge on any atom is 0.289 e. The zero-order valence-electron chi connectivity index (χ0n) is 15.1. The summed E-state index contributed by atoms with van der Waals surface area (Å²) in [6, 6.07) is 8.32. The SMILES string of the molecule is Cn1ccnc1SCC1CCN(C(=O)c2cc(=O)c3ccccc3o2)CC1. The molecule has 2 aromatic heterocycles. The summed E-state index contributed by atoms with van der Waals surface area (Å²) in [6.45, 7) is 1.36. The number of hydrogen-bond acceptors (Lipinski definition) is 5. The number of hydrogen-bond donors (Lipinski definition) is 0. The van der Waals surface area contributed by atoms with E-state index in [9.17, 15) is 9.59 Å². The molecule has 6 nitrogen and oxygen atoms in total. The third-order valence-electron chi connectivity index (χ3n) is 4.97. The summed E-state index contributed by atoms with van der Waals surface area (Å²) in [7, 11) is 1.99. The van der Waals surface area contributed by atoms with E-state index >= 15 is 0 Å². The van der Waals surface area contributed by atoms with Crippen molar-refractivity contribution in [1.82, 2.24) is 14.5 Å². The van der Waals surface area contributed by atoms with Gasteiger partial charge in [0.2, 0.25) is 0 Å². The zero-order valence-corrected chi connectivity index (χ0v) is 15.9. The predicted octanol–water partition coefficient (Wildman–Crippen LogP) is 3.17. The number of nitrogens with zero attached hydrogens (tertiary/aromatic N) is 3. The number of benzene rings is 1. The van der Waals surface area contributed by atoms with Crippen LogP contribution in [0, 0.1) is 5.92 Å². The first kappa shape index (κ1) is 17.9. The third-order valence-corrected chi connectivity index (χ3v) is 6.26. The Balaban J connectivity index is 1.38. The number of imidazole rings is 1. The standard InChI is InChI=1S/C20H21N3O3S/c1-22-11-8-21-20(22)27-13-14-6-9-23(10-7-14)19(25)18-12-16(24)15-4-2-3-5-17(15)26-18/h2-5,8,11-12,14H,6-7,9-10,13H2,1H3. The third kappa shape index (κ3) is 3.78. The second-order valence-corrected chi connectivity index (χ2v) is 7.83. The predicted molar refractivity (Wildman–Crippen MR) is 105 cm³/mol. The van der Waals surface area contributed by atoms with E-state index in [1.807, 2.05) is 17.8 Å². The van der Waals surface area contributed by atoms with Gasteiger partial charge in [-0.3, -0.25) is 9.59 Å². The molecule has 1 amide bonds. The van der Waals surface area contributed by atoms with E-state index in [1.165, 1.54) is 6.07 Å². The van der Waals surface area contributed by atoms with Gasteiger partial charge in [-0.15, -0.1) is 0 Å². The van der Waals surface area contributed by atoms with Crippen LogP contribution in [0.15, 0.2) is 57.1 Å². The molecule has 4 rings (SSSR count). The number of rotatable bonds is 4. The summed E-state index contributed by atoms with van der Waals surface area (Å²) in [4.78, 5) is 31.1. The fourth-order valence-electron chi connectivity index (χ4n) is 3.35. The summed E-state index contributed by atoms with van der Waals surface area (Å²) in [5, 5.41) is 1.52. The maximum atomic E-state index is 12.8. The number of likely N-dealkylation sites (tertiary alicyclic amines) is 1. The van der Waals surface area contributed by atoms with Crippen LogP contribution in [-0.2, 0) is 7.05 Å². The van der Waals surface area contributed by atoms with Crippen LogP contribution in [0.3, 0.4) is 0 Å². The van der Waals surface area contributed by atoms with Gasteiger partial charge in [-0.25, -0.2) is 4.98 Å². The molecule has 1 aliphatic heterocycles. The Hall–Kier alpha value is -2.54. The highest BCUT2D eigenvalue weighted by atomic mass is 32.2. The molecule has 0 N–H and O–H groups in total. The van der Waals surface area contributed by atoms with E-state index in [4.69, 9.17) is 4.42 Å². The van der Waals surface area contributed by atoms with Crippen LogP contribution < -0.4 is 5.43 Å². The quantitative estimate of drug-likeness (QED) is 0.648. The molecular formula is C20H21N3O3S. The monoisotopic (exact) mass is 383 g/mol. The molecule has 3 aromatic rings. The molecule has 1 aliphatic rings. The van der Waals surface area contributed by atoms with Gasteiger partial charge in [-0.1, -0.05) is 23.9 Å². The van der Waals surface area contributed by atoms with Crippen molar-refractivity contribution in [2.75, 3.05) is 18.8 Å².